The van der Waals surface area contributed by atoms with Gasteiger partial charge < -0.3 is 56.9 Å². The minimum absolute atomic E-state index is 0.0368. The van der Waals surface area contributed by atoms with Crippen molar-refractivity contribution in [2.75, 3.05) is 33.3 Å². The molecule has 5 atom stereocenters. The molecule has 0 aliphatic rings. The van der Waals surface area contributed by atoms with Crippen LogP contribution in [0.25, 0.3) is 11.1 Å². The van der Waals surface area contributed by atoms with Crippen molar-refractivity contribution in [3.63, 3.8) is 0 Å². The lowest BCUT2D eigenvalue weighted by Gasteiger charge is -2.41. The van der Waals surface area contributed by atoms with Gasteiger partial charge in [0.1, 0.15) is 42.4 Å². The Morgan fingerprint density at radius 2 is 1.48 bits per heavy atom. The number of hydrogen-bond donors (Lipinski definition) is 8. The zero-order chi connectivity index (χ0) is 54.7. The molecule has 0 bridgehead atoms. The topological polar surface area (TPSA) is 309 Å². The molecule has 21 nitrogen and oxygen atoms in total. The van der Waals surface area contributed by atoms with Gasteiger partial charge in [-0.25, -0.2) is 8.78 Å². The van der Waals surface area contributed by atoms with Crippen LogP contribution in [0.15, 0.2) is 60.8 Å². The highest BCUT2D eigenvalue weighted by Gasteiger charge is 2.39. The molecule has 398 valence electrons. The molecule has 3 aromatic rings. The highest BCUT2D eigenvalue weighted by molar-refractivity contribution is 5.97. The van der Waals surface area contributed by atoms with Crippen molar-refractivity contribution in [3.05, 3.63) is 83.7 Å². The second-order valence-corrected chi connectivity index (χ2v) is 18.6. The molecule has 0 unspecified atom stereocenters. The van der Waals surface area contributed by atoms with Crippen molar-refractivity contribution < 1.29 is 66.9 Å². The number of benzene rings is 2. The first-order valence-electron chi connectivity index (χ1n) is 23.5. The first-order valence-corrected chi connectivity index (χ1v) is 23.5. The Morgan fingerprint density at radius 1 is 0.822 bits per heavy atom. The molecule has 23 heteroatoms. The van der Waals surface area contributed by atoms with Crippen LogP contribution in [0.5, 0.6) is 0 Å². The predicted octanol–water partition coefficient (Wildman–Crippen LogP) is 1.44. The Morgan fingerprint density at radius 3 is 2.08 bits per heavy atom. The second kappa shape index (κ2) is 27.9. The summed E-state index contributed by atoms with van der Waals surface area (Å²) in [6.45, 7) is 7.61. The third-order valence-corrected chi connectivity index (χ3v) is 11.6. The highest BCUT2D eigenvalue weighted by atomic mass is 19.1. The molecule has 2 aromatic carbocycles. The summed E-state index contributed by atoms with van der Waals surface area (Å²) in [5, 5.41) is 31.5. The number of Topliss-reactive ketones (excluding diaryl/α,β-unsaturated/α-hetero) is 1. The maximum Gasteiger partial charge on any atom is 0.303 e. The van der Waals surface area contributed by atoms with E-state index in [2.05, 4.69) is 26.6 Å². The number of nitrogens with two attached hydrogens (primary N) is 1. The number of halogens is 2. The Balaban J connectivity index is 2.04. The van der Waals surface area contributed by atoms with Gasteiger partial charge in [0.25, 0.3) is 0 Å². The number of ketones is 1. The number of hydrogen-bond acceptors (Lipinski definition) is 11. The van der Waals surface area contributed by atoms with E-state index >= 15 is 4.39 Å². The van der Waals surface area contributed by atoms with E-state index in [1.165, 1.54) is 32.7 Å². The van der Waals surface area contributed by atoms with Gasteiger partial charge >= 0.3 is 5.97 Å². The van der Waals surface area contributed by atoms with Gasteiger partial charge in [0.15, 0.2) is 5.78 Å². The van der Waals surface area contributed by atoms with E-state index in [4.69, 9.17) is 10.8 Å². The average molecular weight is 1020 g/mol. The van der Waals surface area contributed by atoms with Gasteiger partial charge in [-0.3, -0.25) is 47.9 Å². The molecule has 0 aliphatic carbocycles. The van der Waals surface area contributed by atoms with Crippen molar-refractivity contribution in [1.29, 1.82) is 0 Å². The first-order chi connectivity index (χ1) is 34.2. The molecule has 9 N–H and O–H groups in total. The van der Waals surface area contributed by atoms with Crippen LogP contribution in [0.1, 0.15) is 97.4 Å². The quantitative estimate of drug-likeness (QED) is 0.0480. The smallest absolute Gasteiger partial charge is 0.303 e. The van der Waals surface area contributed by atoms with Gasteiger partial charge in [0, 0.05) is 69.5 Å². The van der Waals surface area contributed by atoms with E-state index in [-0.39, 0.29) is 56.4 Å². The third-order valence-electron chi connectivity index (χ3n) is 11.6. The van der Waals surface area contributed by atoms with Crippen molar-refractivity contribution >= 4 is 59.0 Å². The molecule has 0 radical (unpaired) electrons. The molecule has 0 fully saturated rings. The molecule has 0 saturated carbocycles. The zero-order valence-electron chi connectivity index (χ0n) is 42.1. The molecule has 3 rings (SSSR count). The Labute approximate surface area is 422 Å². The van der Waals surface area contributed by atoms with Gasteiger partial charge in [-0.15, -0.1) is 0 Å². The number of aromatic nitrogens is 1. The van der Waals surface area contributed by atoms with E-state index in [1.54, 1.807) is 37.6 Å². The second-order valence-electron chi connectivity index (χ2n) is 18.6. The van der Waals surface area contributed by atoms with E-state index in [9.17, 15) is 57.4 Å². The monoisotopic (exact) mass is 1020 g/mol. The predicted molar refractivity (Wildman–Crippen MR) is 261 cm³/mol. The van der Waals surface area contributed by atoms with Crippen LogP contribution < -0.4 is 32.3 Å². The summed E-state index contributed by atoms with van der Waals surface area (Å²) < 4.78 is 31.7. The number of nitrogens with one attached hydrogen (secondary N) is 5. The van der Waals surface area contributed by atoms with Crippen molar-refractivity contribution in [2.24, 2.45) is 11.1 Å². The van der Waals surface area contributed by atoms with E-state index in [0.29, 0.717) is 5.69 Å². The molecule has 73 heavy (non-hydrogen) atoms. The number of aliphatic hydroxyl groups is 1. The average Bonchev–Trinajstić information content (AvgIpc) is 3.72. The molecular weight excluding hydrogens is 957 g/mol. The Hall–Kier alpha value is -7.56. The molecule has 1 heterocycles. The summed E-state index contributed by atoms with van der Waals surface area (Å²) in [6, 6.07) is 7.21. The maximum absolute atomic E-state index is 15.4. The van der Waals surface area contributed by atoms with Crippen LogP contribution in [0.4, 0.5) is 8.78 Å². The van der Waals surface area contributed by atoms with Crippen molar-refractivity contribution in [1.82, 2.24) is 41.0 Å². The largest absolute Gasteiger partial charge is 0.481 e. The number of aliphatic hydroxyl groups excluding tert-OH is 1. The van der Waals surface area contributed by atoms with Gasteiger partial charge in [-0.2, -0.15) is 0 Å². The summed E-state index contributed by atoms with van der Waals surface area (Å²) >= 11 is 0. The minimum Gasteiger partial charge on any atom is -0.481 e. The number of nitrogens with zero attached hydrogens (tertiary/aromatic N) is 3. The Kier molecular flexibility index (Phi) is 22.8. The lowest BCUT2D eigenvalue weighted by atomic mass is 9.82. The van der Waals surface area contributed by atoms with E-state index in [0.717, 1.165) is 28.7 Å². The number of likely N-dealkylation sites (N-methyl/N-ethyl adjacent to an activating group) is 1. The molecule has 1 aromatic heterocycles. The lowest BCUT2D eigenvalue weighted by Crippen LogP contribution is -2.58. The fourth-order valence-corrected chi connectivity index (χ4v) is 7.87. The summed E-state index contributed by atoms with van der Waals surface area (Å²) in [7, 11) is 1.28. The highest BCUT2D eigenvalue weighted by Crippen LogP contribution is 2.41. The van der Waals surface area contributed by atoms with Crippen molar-refractivity contribution in [3.8, 4) is 11.1 Å². The lowest BCUT2D eigenvalue weighted by molar-refractivity contribution is -0.142. The van der Waals surface area contributed by atoms with Crippen molar-refractivity contribution in [2.45, 2.75) is 117 Å². The standard InChI is InChI=1S/C50H67F2N9O12/c1-29(56-31(3)63)49(73)59(7)30(2)46(70)58-39(24-41(53)65)48(72)57-38(47(71)54-20-11-14-35(64)25-55-42(66)17-18-44(68)69)19-21-61(43(67)28-62)45(50(4,5)6)40-22-33(36-23-34(51)15-16-37(36)52)27-60(40)26-32-12-9-8-10-13-32/h8-10,12-13,15-16,22-23,27,29-30,38-39,45,62H,11,14,17-21,24-26,28H2,1-7H3,(H2,53,65)(H,54,71)(H,55,66)(H,56,63)(H,57,72)(H,58,70)(H,68,69)/t29-,30-,38-,39-,45-/m0/s1. The number of carbonyl (C=O) groups excluding carboxylic acids is 9. The number of carboxylic acid groups (broad SMARTS) is 1. The van der Waals surface area contributed by atoms with Crippen LogP contribution >= 0.6 is 0 Å². The SMILES string of the molecule is CC(=O)N[C@@H](C)C(=O)N(C)[C@@H](C)C(=O)N[C@@H](CC(N)=O)C(=O)N[C@@H](CCN(C(=O)CO)[C@@H](c1cc(-c2cc(F)ccc2F)cn1Cc1ccccc1)C(C)(C)C)C(=O)NCCCC(=O)CNC(=O)CCC(=O)O. The third kappa shape index (κ3) is 18.9. The normalized spacial score (nSPS) is 13.2. The molecule has 0 spiro atoms. The number of aliphatic carboxylic acids is 1. The van der Waals surface area contributed by atoms with Crippen LogP contribution in [-0.2, 0) is 54.5 Å². The van der Waals surface area contributed by atoms with E-state index in [1.807, 2.05) is 30.3 Å². The zero-order valence-corrected chi connectivity index (χ0v) is 42.1. The van der Waals surface area contributed by atoms with E-state index < -0.39 is 132 Å². The van der Waals surface area contributed by atoms with Crippen LogP contribution in [0, 0.1) is 17.0 Å². The maximum atomic E-state index is 15.4. The first kappa shape index (κ1) is 59.7. The number of carboxylic acids is 1. The molecular formula is C50H67F2N9O12. The fourth-order valence-electron chi connectivity index (χ4n) is 7.87. The summed E-state index contributed by atoms with van der Waals surface area (Å²) in [4.78, 5) is 130. The number of carbonyl (C=O) groups is 10. The number of rotatable bonds is 28. The van der Waals surface area contributed by atoms with Gasteiger partial charge in [0.2, 0.25) is 47.3 Å². The minimum atomic E-state index is -1.72. The van der Waals surface area contributed by atoms with Crippen LogP contribution in [-0.4, -0.2) is 141 Å². The fraction of sp³-hybridized carbons (Fsp3) is 0.480. The Bertz CT molecular complexity index is 2480. The summed E-state index contributed by atoms with van der Waals surface area (Å²) in [5.41, 5.74) is 6.05. The van der Waals surface area contributed by atoms with Gasteiger partial charge in [-0.1, -0.05) is 51.1 Å². The molecule has 0 aliphatic heterocycles. The van der Waals surface area contributed by atoms with Crippen LogP contribution in [0.3, 0.4) is 0 Å². The van der Waals surface area contributed by atoms with Gasteiger partial charge in [-0.05, 0) is 61.9 Å². The van der Waals surface area contributed by atoms with Gasteiger partial charge in [0.05, 0.1) is 25.4 Å². The summed E-state index contributed by atoms with van der Waals surface area (Å²) in [5.74, 6) is -9.55. The number of primary amides is 1. The number of amides is 8. The molecule has 0 saturated heterocycles. The van der Waals surface area contributed by atoms with Crippen LogP contribution in [0.2, 0.25) is 0 Å². The summed E-state index contributed by atoms with van der Waals surface area (Å²) in [6.07, 6.45) is -0.414. The molecule has 8 amide bonds.